The molecule has 0 amide bonds. The third kappa shape index (κ3) is 1.33. The van der Waals surface area contributed by atoms with Crippen LogP contribution in [0, 0.1) is 0 Å². The van der Waals surface area contributed by atoms with Crippen LogP contribution < -0.4 is 5.73 Å². The molecule has 1 saturated heterocycles. The first-order valence-corrected chi connectivity index (χ1v) is 2.88. The number of nitrogens with two attached hydrogens (primary N) is 1. The predicted molar refractivity (Wildman–Crippen MR) is 33.2 cm³/mol. The Hall–Kier alpha value is 0.270. The second kappa shape index (κ2) is 2.03. The molecule has 1 rings (SSSR count). The van der Waals surface area contributed by atoms with Gasteiger partial charge >= 0.3 is 0 Å². The van der Waals surface area contributed by atoms with Crippen LogP contribution in [0.25, 0.3) is 0 Å². The van der Waals surface area contributed by atoms with Gasteiger partial charge in [-0.15, -0.1) is 0 Å². The summed E-state index contributed by atoms with van der Waals surface area (Å²) in [5.41, 5.74) is 5.53. The number of rotatable bonds is 0. The highest BCUT2D eigenvalue weighted by Crippen LogP contribution is 2.07. The molecule has 0 aliphatic carbocycles. The zero-order chi connectivity index (χ0) is 5.28. The maximum Gasteiger partial charge on any atom is 0.0239 e. The summed E-state index contributed by atoms with van der Waals surface area (Å²) in [5, 5.41) is 0. The van der Waals surface area contributed by atoms with E-state index in [-0.39, 0.29) is 0 Å². The summed E-state index contributed by atoms with van der Waals surface area (Å²) in [5.74, 6) is 0. The van der Waals surface area contributed by atoms with E-state index >= 15 is 0 Å². The molecular weight excluding hydrogens is 108 g/mol. The average Bonchev–Trinajstić information content (AvgIpc) is 1.87. The van der Waals surface area contributed by atoms with Gasteiger partial charge in [0.2, 0.25) is 0 Å². The molecule has 3 heteroatoms. The molecule has 0 spiro atoms. The monoisotopic (exact) mass is 118 g/mol. The van der Waals surface area contributed by atoms with Gasteiger partial charge in [-0.1, -0.05) is 12.8 Å². The van der Waals surface area contributed by atoms with Crippen LogP contribution in [0.4, 0.5) is 0 Å². The molecule has 1 heterocycles. The quantitative estimate of drug-likeness (QED) is 0.434. The van der Waals surface area contributed by atoms with Crippen molar-refractivity contribution in [1.82, 2.24) is 4.31 Å². The van der Waals surface area contributed by atoms with Crippen molar-refractivity contribution in [2.75, 3.05) is 13.1 Å². The van der Waals surface area contributed by atoms with E-state index in [0.717, 1.165) is 19.5 Å². The van der Waals surface area contributed by atoms with Crippen molar-refractivity contribution in [1.29, 1.82) is 0 Å². The average molecular weight is 118 g/mol. The van der Waals surface area contributed by atoms with E-state index in [9.17, 15) is 0 Å². The van der Waals surface area contributed by atoms with E-state index in [0.29, 0.717) is 6.04 Å². The van der Waals surface area contributed by atoms with Crippen LogP contribution in [0.5, 0.6) is 0 Å². The maximum absolute atomic E-state index is 5.53. The Bertz CT molecular complexity index is 58.7. The second-order valence-corrected chi connectivity index (χ2v) is 2.53. The lowest BCUT2D eigenvalue weighted by Gasteiger charge is -2.01. The zero-order valence-electron chi connectivity index (χ0n) is 4.17. The minimum absolute atomic E-state index is 0.373. The van der Waals surface area contributed by atoms with Crippen molar-refractivity contribution in [2.24, 2.45) is 5.73 Å². The van der Waals surface area contributed by atoms with E-state index in [1.807, 2.05) is 4.31 Å². The molecule has 2 N–H and O–H groups in total. The Morgan fingerprint density at radius 3 is 2.57 bits per heavy atom. The van der Waals surface area contributed by atoms with Crippen LogP contribution in [0.3, 0.4) is 0 Å². The molecule has 2 nitrogen and oxygen atoms in total. The van der Waals surface area contributed by atoms with Crippen molar-refractivity contribution in [3.63, 3.8) is 0 Å². The molecule has 0 radical (unpaired) electrons. The third-order valence-corrected chi connectivity index (χ3v) is 1.57. The summed E-state index contributed by atoms with van der Waals surface area (Å²) in [6.45, 7) is 1.99. The zero-order valence-corrected chi connectivity index (χ0v) is 5.06. The number of nitrogens with zero attached hydrogens (tertiary/aromatic N) is 1. The summed E-state index contributed by atoms with van der Waals surface area (Å²) in [4.78, 5) is 0. The van der Waals surface area contributed by atoms with E-state index < -0.39 is 0 Å². The molecule has 1 aliphatic rings. The van der Waals surface area contributed by atoms with Gasteiger partial charge in [0.15, 0.2) is 0 Å². The summed E-state index contributed by atoms with van der Waals surface area (Å²) in [6.07, 6.45) is 1.10. The highest BCUT2D eigenvalue weighted by atomic mass is 32.1. The fraction of sp³-hybridized carbons (Fsp3) is 1.00. The normalized spacial score (nSPS) is 34.3. The lowest BCUT2D eigenvalue weighted by Crippen LogP contribution is -2.21. The van der Waals surface area contributed by atoms with Crippen LogP contribution >= 0.6 is 12.8 Å². The highest BCUT2D eigenvalue weighted by Gasteiger charge is 2.14. The van der Waals surface area contributed by atoms with Crippen molar-refractivity contribution in [3.05, 3.63) is 0 Å². The van der Waals surface area contributed by atoms with Gasteiger partial charge in [0, 0.05) is 19.1 Å². The van der Waals surface area contributed by atoms with Crippen molar-refractivity contribution in [3.8, 4) is 0 Å². The SMILES string of the molecule is NC1CCN(S)C1. The molecule has 42 valence electrons. The third-order valence-electron chi connectivity index (χ3n) is 1.20. The van der Waals surface area contributed by atoms with Crippen LogP contribution in [-0.2, 0) is 0 Å². The van der Waals surface area contributed by atoms with E-state index in [1.54, 1.807) is 0 Å². The Labute approximate surface area is 49.2 Å². The van der Waals surface area contributed by atoms with Gasteiger partial charge in [-0.2, -0.15) is 0 Å². The van der Waals surface area contributed by atoms with Gasteiger partial charge in [-0.25, -0.2) is 0 Å². The Balaban J connectivity index is 2.26. The first kappa shape index (κ1) is 5.41. The molecule has 0 bridgehead atoms. The fourth-order valence-electron chi connectivity index (χ4n) is 0.768. The smallest absolute Gasteiger partial charge is 0.0239 e. The standard InChI is InChI=1S/C4H10N2S/c5-4-1-2-6(7)3-4/h4,7H,1-3,5H2. The molecule has 0 saturated carbocycles. The van der Waals surface area contributed by atoms with Gasteiger partial charge in [0.25, 0.3) is 0 Å². The molecule has 1 aliphatic heterocycles. The van der Waals surface area contributed by atoms with Crippen molar-refractivity contribution >= 4 is 12.8 Å². The molecule has 7 heavy (non-hydrogen) atoms. The number of thiol groups is 1. The minimum Gasteiger partial charge on any atom is -0.326 e. The van der Waals surface area contributed by atoms with Gasteiger partial charge in [0.1, 0.15) is 0 Å². The van der Waals surface area contributed by atoms with Crippen molar-refractivity contribution < 1.29 is 0 Å². The van der Waals surface area contributed by atoms with Gasteiger partial charge in [0.05, 0.1) is 0 Å². The lowest BCUT2D eigenvalue weighted by molar-refractivity contribution is 0.581. The molecule has 1 unspecified atom stereocenters. The molecular formula is C4H10N2S. The van der Waals surface area contributed by atoms with Crippen molar-refractivity contribution in [2.45, 2.75) is 12.5 Å². The largest absolute Gasteiger partial charge is 0.326 e. The first-order chi connectivity index (χ1) is 3.29. The van der Waals surface area contributed by atoms with E-state index in [4.69, 9.17) is 5.73 Å². The number of hydrogen-bond acceptors (Lipinski definition) is 3. The Morgan fingerprint density at radius 1 is 1.71 bits per heavy atom. The summed E-state index contributed by atoms with van der Waals surface area (Å²) < 4.78 is 1.95. The molecule has 0 aromatic heterocycles. The van der Waals surface area contributed by atoms with E-state index in [2.05, 4.69) is 12.8 Å². The van der Waals surface area contributed by atoms with E-state index in [1.165, 1.54) is 0 Å². The first-order valence-electron chi connectivity index (χ1n) is 2.48. The second-order valence-electron chi connectivity index (χ2n) is 1.96. The Morgan fingerprint density at radius 2 is 2.43 bits per heavy atom. The number of hydrogen-bond donors (Lipinski definition) is 2. The fourth-order valence-corrected chi connectivity index (χ4v) is 1.09. The van der Waals surface area contributed by atoms with Crippen LogP contribution in [0.15, 0.2) is 0 Å². The Kier molecular flexibility index (Phi) is 1.57. The summed E-state index contributed by atoms with van der Waals surface area (Å²) >= 11 is 4.11. The molecule has 0 aromatic rings. The maximum atomic E-state index is 5.53. The molecule has 1 atom stereocenters. The minimum atomic E-state index is 0.373. The van der Waals surface area contributed by atoms with Gasteiger partial charge in [-0.05, 0) is 6.42 Å². The summed E-state index contributed by atoms with van der Waals surface area (Å²) in [7, 11) is 0. The lowest BCUT2D eigenvalue weighted by atomic mass is 10.3. The van der Waals surface area contributed by atoms with Crippen LogP contribution in [-0.4, -0.2) is 23.4 Å². The van der Waals surface area contributed by atoms with Gasteiger partial charge in [-0.3, -0.25) is 4.31 Å². The topological polar surface area (TPSA) is 29.3 Å². The predicted octanol–water partition coefficient (Wildman–Crippen LogP) is -0.136. The molecule has 1 fully saturated rings. The molecule has 0 aromatic carbocycles. The summed E-state index contributed by atoms with van der Waals surface area (Å²) in [6, 6.07) is 0.373. The highest BCUT2D eigenvalue weighted by molar-refractivity contribution is 7.77. The van der Waals surface area contributed by atoms with Crippen LogP contribution in [0.2, 0.25) is 0 Å². The van der Waals surface area contributed by atoms with Crippen LogP contribution in [0.1, 0.15) is 6.42 Å². The van der Waals surface area contributed by atoms with Gasteiger partial charge < -0.3 is 5.73 Å².